The van der Waals surface area contributed by atoms with E-state index >= 15 is 0 Å². The van der Waals surface area contributed by atoms with Gasteiger partial charge in [0.1, 0.15) is 11.5 Å². The maximum Gasteiger partial charge on any atom is 0.270 e. The monoisotopic (exact) mass is 508 g/mol. The number of nitro groups is 2. The molecule has 0 bridgehead atoms. The van der Waals surface area contributed by atoms with Crippen LogP contribution < -0.4 is 4.74 Å². The second kappa shape index (κ2) is 9.74. The maximum absolute atomic E-state index is 11.4. The van der Waals surface area contributed by atoms with E-state index in [1.807, 2.05) is 26.0 Å². The van der Waals surface area contributed by atoms with E-state index in [0.29, 0.717) is 43.8 Å². The Balaban J connectivity index is 1.88. The number of nitro benzene ring substituents is 2. The van der Waals surface area contributed by atoms with Crippen LogP contribution in [0.2, 0.25) is 10.0 Å². The third kappa shape index (κ3) is 5.11. The Hall–Kier alpha value is -3.94. The Morgan fingerprint density at radius 1 is 0.629 bits per heavy atom. The molecule has 176 valence electrons. The van der Waals surface area contributed by atoms with E-state index in [2.05, 4.69) is 0 Å². The number of nitrogens with zero attached hydrogens (tertiary/aromatic N) is 2. The largest absolute Gasteiger partial charge is 0.456 e. The lowest BCUT2D eigenvalue weighted by Crippen LogP contribution is -1.96. The molecule has 0 spiro atoms. The molecule has 9 heteroatoms. The molecule has 0 unspecified atom stereocenters. The van der Waals surface area contributed by atoms with E-state index in [1.54, 1.807) is 24.3 Å². The van der Waals surface area contributed by atoms with Gasteiger partial charge in [-0.3, -0.25) is 20.2 Å². The molecule has 0 aliphatic rings. The number of non-ortho nitro benzene ring substituents is 2. The lowest BCUT2D eigenvalue weighted by molar-refractivity contribution is -0.385. The van der Waals surface area contributed by atoms with Gasteiger partial charge in [0, 0.05) is 45.4 Å². The van der Waals surface area contributed by atoms with Crippen LogP contribution in [0.15, 0.2) is 72.8 Å². The van der Waals surface area contributed by atoms with Crippen molar-refractivity contribution in [3.63, 3.8) is 0 Å². The van der Waals surface area contributed by atoms with Gasteiger partial charge in [0.2, 0.25) is 0 Å². The third-order valence-electron chi connectivity index (χ3n) is 5.51. The summed E-state index contributed by atoms with van der Waals surface area (Å²) in [6.45, 7) is 3.67. The van der Waals surface area contributed by atoms with Crippen molar-refractivity contribution in [3.8, 4) is 33.8 Å². The molecule has 0 atom stereocenters. The van der Waals surface area contributed by atoms with Crippen LogP contribution in [0.3, 0.4) is 0 Å². The van der Waals surface area contributed by atoms with Crippen molar-refractivity contribution in [3.05, 3.63) is 114 Å². The van der Waals surface area contributed by atoms with Crippen molar-refractivity contribution in [1.29, 1.82) is 0 Å². The molecule has 0 aromatic heterocycles. The summed E-state index contributed by atoms with van der Waals surface area (Å²) in [5.74, 6) is 0.691. The highest BCUT2D eigenvalue weighted by Crippen LogP contribution is 2.42. The van der Waals surface area contributed by atoms with E-state index in [-0.39, 0.29) is 11.4 Å². The molecule has 0 saturated heterocycles. The molecular formula is C26H18Cl2N2O5. The molecule has 4 aromatic rings. The summed E-state index contributed by atoms with van der Waals surface area (Å²) in [4.78, 5) is 21.9. The van der Waals surface area contributed by atoms with E-state index in [1.165, 1.54) is 36.4 Å². The van der Waals surface area contributed by atoms with Gasteiger partial charge < -0.3 is 4.74 Å². The molecular weight excluding hydrogens is 491 g/mol. The van der Waals surface area contributed by atoms with Crippen molar-refractivity contribution in [2.75, 3.05) is 0 Å². The normalized spacial score (nSPS) is 10.7. The average Bonchev–Trinajstić information content (AvgIpc) is 2.83. The molecule has 0 amide bonds. The number of hydrogen-bond acceptors (Lipinski definition) is 5. The fourth-order valence-corrected chi connectivity index (χ4v) is 3.87. The highest BCUT2D eigenvalue weighted by Gasteiger charge is 2.19. The lowest BCUT2D eigenvalue weighted by atomic mass is 10.0. The van der Waals surface area contributed by atoms with Crippen LogP contribution in [0.25, 0.3) is 22.3 Å². The fourth-order valence-electron chi connectivity index (χ4n) is 3.64. The first-order valence-corrected chi connectivity index (χ1v) is 11.2. The number of aryl methyl sites for hydroxylation is 2. The highest BCUT2D eigenvalue weighted by atomic mass is 35.5. The van der Waals surface area contributed by atoms with Gasteiger partial charge in [0.05, 0.1) is 9.85 Å². The van der Waals surface area contributed by atoms with Crippen LogP contribution >= 0.6 is 23.2 Å². The van der Waals surface area contributed by atoms with Gasteiger partial charge in [0.25, 0.3) is 11.4 Å². The Morgan fingerprint density at radius 2 is 1.03 bits per heavy atom. The van der Waals surface area contributed by atoms with Gasteiger partial charge in [-0.2, -0.15) is 0 Å². The first-order chi connectivity index (χ1) is 16.6. The van der Waals surface area contributed by atoms with Gasteiger partial charge in [0.15, 0.2) is 0 Å². The SMILES string of the molecule is Cc1cc(-c2cc([N+](=O)[O-])ccc2Oc2ccc([N+](=O)[O-])cc2-c2ccc(Cl)c(C)c2)ccc1Cl. The Morgan fingerprint density at radius 3 is 1.37 bits per heavy atom. The molecule has 0 aliphatic carbocycles. The molecule has 0 N–H and O–H groups in total. The number of benzene rings is 4. The van der Waals surface area contributed by atoms with Crippen molar-refractivity contribution in [2.45, 2.75) is 13.8 Å². The zero-order chi connectivity index (χ0) is 25.3. The second-order valence-corrected chi connectivity index (χ2v) is 8.72. The first kappa shape index (κ1) is 24.2. The number of hydrogen-bond donors (Lipinski definition) is 0. The van der Waals surface area contributed by atoms with Gasteiger partial charge in [-0.1, -0.05) is 35.3 Å². The minimum Gasteiger partial charge on any atom is -0.456 e. The molecule has 0 fully saturated rings. The summed E-state index contributed by atoms with van der Waals surface area (Å²) in [5.41, 5.74) is 3.72. The lowest BCUT2D eigenvalue weighted by Gasteiger charge is -2.16. The molecule has 4 rings (SSSR count). The van der Waals surface area contributed by atoms with E-state index in [4.69, 9.17) is 27.9 Å². The molecule has 0 aliphatic heterocycles. The van der Waals surface area contributed by atoms with E-state index in [0.717, 1.165) is 11.1 Å². The molecule has 4 aromatic carbocycles. The Kier molecular flexibility index (Phi) is 6.73. The predicted octanol–water partition coefficient (Wildman–Crippen LogP) is 8.55. The minimum atomic E-state index is -0.482. The Bertz CT molecular complexity index is 1380. The number of ether oxygens (including phenoxy) is 1. The van der Waals surface area contributed by atoms with Gasteiger partial charge >= 0.3 is 0 Å². The topological polar surface area (TPSA) is 95.5 Å². The smallest absolute Gasteiger partial charge is 0.270 e. The zero-order valence-corrected chi connectivity index (χ0v) is 20.1. The van der Waals surface area contributed by atoms with Gasteiger partial charge in [-0.05, 0) is 72.5 Å². The van der Waals surface area contributed by atoms with Gasteiger partial charge in [-0.25, -0.2) is 0 Å². The third-order valence-corrected chi connectivity index (χ3v) is 6.35. The summed E-state index contributed by atoms with van der Waals surface area (Å²) in [7, 11) is 0. The molecule has 0 radical (unpaired) electrons. The summed E-state index contributed by atoms with van der Waals surface area (Å²) < 4.78 is 6.25. The fraction of sp³-hybridized carbons (Fsp3) is 0.0769. The molecule has 7 nitrogen and oxygen atoms in total. The summed E-state index contributed by atoms with van der Waals surface area (Å²) in [6.07, 6.45) is 0. The standard InChI is InChI=1S/C26H18Cl2N2O5/c1-15-11-17(3-7-23(15)27)21-13-19(29(31)32)5-9-25(21)35-26-10-6-20(30(33)34)14-22(26)18-4-8-24(28)16(2)12-18/h3-14H,1-2H3. The summed E-state index contributed by atoms with van der Waals surface area (Å²) >= 11 is 12.3. The molecule has 0 heterocycles. The minimum absolute atomic E-state index is 0.0998. The van der Waals surface area contributed by atoms with Crippen LogP contribution in [0.4, 0.5) is 11.4 Å². The van der Waals surface area contributed by atoms with Crippen molar-refractivity contribution in [2.24, 2.45) is 0 Å². The van der Waals surface area contributed by atoms with E-state index in [9.17, 15) is 20.2 Å². The van der Waals surface area contributed by atoms with Gasteiger partial charge in [-0.15, -0.1) is 0 Å². The average molecular weight is 509 g/mol. The van der Waals surface area contributed by atoms with Crippen LogP contribution in [0.5, 0.6) is 11.5 Å². The second-order valence-electron chi connectivity index (χ2n) is 7.91. The summed E-state index contributed by atoms with van der Waals surface area (Å²) in [5, 5.41) is 24.0. The first-order valence-electron chi connectivity index (χ1n) is 10.4. The highest BCUT2D eigenvalue weighted by molar-refractivity contribution is 6.31. The van der Waals surface area contributed by atoms with Crippen molar-refractivity contribution >= 4 is 34.6 Å². The molecule has 0 saturated carbocycles. The van der Waals surface area contributed by atoms with E-state index < -0.39 is 9.85 Å². The quantitative estimate of drug-likeness (QED) is 0.192. The van der Waals surface area contributed by atoms with Crippen LogP contribution in [-0.4, -0.2) is 9.85 Å². The van der Waals surface area contributed by atoms with Crippen LogP contribution in [-0.2, 0) is 0 Å². The Labute approximate surface area is 210 Å². The van der Waals surface area contributed by atoms with Crippen molar-refractivity contribution < 1.29 is 14.6 Å². The zero-order valence-electron chi connectivity index (χ0n) is 18.6. The van der Waals surface area contributed by atoms with Crippen molar-refractivity contribution in [1.82, 2.24) is 0 Å². The number of halogens is 2. The maximum atomic E-state index is 11.4. The number of rotatable bonds is 6. The summed E-state index contributed by atoms with van der Waals surface area (Å²) in [6, 6.07) is 19.1. The van der Waals surface area contributed by atoms with Crippen LogP contribution in [0.1, 0.15) is 11.1 Å². The van der Waals surface area contributed by atoms with Crippen LogP contribution in [0, 0.1) is 34.1 Å². The predicted molar refractivity (Wildman–Crippen MR) is 137 cm³/mol. The molecule has 35 heavy (non-hydrogen) atoms.